The average molecular weight is 271 g/mol. The number of nitrogens with zero attached hydrogens (tertiary/aromatic N) is 1. The zero-order valence-corrected chi connectivity index (χ0v) is 10.9. The van der Waals surface area contributed by atoms with Crippen LogP contribution in [0.3, 0.4) is 0 Å². The summed E-state index contributed by atoms with van der Waals surface area (Å²) < 4.78 is 24.0. The molecule has 1 aliphatic heterocycles. The lowest BCUT2D eigenvalue weighted by atomic mass is 10.2. The van der Waals surface area contributed by atoms with Crippen LogP contribution >= 0.6 is 0 Å². The number of aliphatic imine (C=N–C) groups is 1. The Morgan fingerprint density at radius 2 is 1.70 bits per heavy atom. The van der Waals surface area contributed by atoms with Gasteiger partial charge in [0.2, 0.25) is 0 Å². The molecule has 0 aromatic heterocycles. The fourth-order valence-corrected chi connectivity index (χ4v) is 1.94. The van der Waals surface area contributed by atoms with Gasteiger partial charge in [-0.05, 0) is 48.0 Å². The van der Waals surface area contributed by atoms with Crippen molar-refractivity contribution in [1.82, 2.24) is 0 Å². The number of rotatable bonds is 2. The maximum atomic E-state index is 12.8. The SMILES string of the molecule is Fc1ccc(N=Cc2ccc3c(c2)OCCCO3)cc1. The van der Waals surface area contributed by atoms with Crippen molar-refractivity contribution in [2.75, 3.05) is 13.2 Å². The lowest BCUT2D eigenvalue weighted by molar-refractivity contribution is 0.297. The summed E-state index contributed by atoms with van der Waals surface area (Å²) >= 11 is 0. The molecule has 3 nitrogen and oxygen atoms in total. The van der Waals surface area contributed by atoms with E-state index in [1.54, 1.807) is 18.3 Å². The van der Waals surface area contributed by atoms with Crippen molar-refractivity contribution >= 4 is 11.9 Å². The molecular weight excluding hydrogens is 257 g/mol. The Hall–Kier alpha value is -2.36. The first-order valence-electron chi connectivity index (χ1n) is 6.50. The summed E-state index contributed by atoms with van der Waals surface area (Å²) in [6.07, 6.45) is 2.61. The summed E-state index contributed by atoms with van der Waals surface area (Å²) in [6.45, 7) is 1.33. The van der Waals surface area contributed by atoms with E-state index in [4.69, 9.17) is 9.47 Å². The zero-order valence-electron chi connectivity index (χ0n) is 10.9. The van der Waals surface area contributed by atoms with Crippen LogP contribution in [0, 0.1) is 5.82 Å². The Labute approximate surface area is 116 Å². The molecule has 0 spiro atoms. The van der Waals surface area contributed by atoms with Crippen molar-refractivity contribution in [3.8, 4) is 11.5 Å². The number of hydrogen-bond acceptors (Lipinski definition) is 3. The van der Waals surface area contributed by atoms with Crippen LogP contribution in [-0.4, -0.2) is 19.4 Å². The first kappa shape index (κ1) is 12.7. The molecule has 0 saturated heterocycles. The molecule has 0 N–H and O–H groups in total. The number of fused-ring (bicyclic) bond motifs is 1. The zero-order chi connectivity index (χ0) is 13.8. The van der Waals surface area contributed by atoms with Crippen LogP contribution in [0.1, 0.15) is 12.0 Å². The molecule has 4 heteroatoms. The molecule has 20 heavy (non-hydrogen) atoms. The van der Waals surface area contributed by atoms with Crippen LogP contribution < -0.4 is 9.47 Å². The Morgan fingerprint density at radius 1 is 0.950 bits per heavy atom. The van der Waals surface area contributed by atoms with Gasteiger partial charge in [-0.3, -0.25) is 4.99 Å². The molecular formula is C16H14FNO2. The molecule has 0 saturated carbocycles. The van der Waals surface area contributed by atoms with Crippen molar-refractivity contribution < 1.29 is 13.9 Å². The lowest BCUT2D eigenvalue weighted by Crippen LogP contribution is -1.97. The number of halogens is 1. The summed E-state index contributed by atoms with van der Waals surface area (Å²) in [7, 11) is 0. The topological polar surface area (TPSA) is 30.8 Å². The van der Waals surface area contributed by atoms with Gasteiger partial charge >= 0.3 is 0 Å². The van der Waals surface area contributed by atoms with Crippen LogP contribution in [0.15, 0.2) is 47.5 Å². The Bertz CT molecular complexity index is 623. The maximum absolute atomic E-state index is 12.8. The Balaban J connectivity index is 1.80. The van der Waals surface area contributed by atoms with Gasteiger partial charge in [0.25, 0.3) is 0 Å². The third kappa shape index (κ3) is 2.96. The van der Waals surface area contributed by atoms with Gasteiger partial charge < -0.3 is 9.47 Å². The summed E-state index contributed by atoms with van der Waals surface area (Å²) in [5, 5.41) is 0. The predicted octanol–water partition coefficient (Wildman–Crippen LogP) is 3.74. The second kappa shape index (κ2) is 5.74. The van der Waals surface area contributed by atoms with Gasteiger partial charge in [0.15, 0.2) is 11.5 Å². The van der Waals surface area contributed by atoms with E-state index in [0.29, 0.717) is 18.9 Å². The van der Waals surface area contributed by atoms with Crippen LogP contribution in [0.25, 0.3) is 0 Å². The van der Waals surface area contributed by atoms with E-state index in [9.17, 15) is 4.39 Å². The fraction of sp³-hybridized carbons (Fsp3) is 0.188. The van der Waals surface area contributed by atoms with Crippen LogP contribution in [0.4, 0.5) is 10.1 Å². The Morgan fingerprint density at radius 3 is 2.50 bits per heavy atom. The van der Waals surface area contributed by atoms with E-state index < -0.39 is 0 Å². The van der Waals surface area contributed by atoms with Gasteiger partial charge in [-0.25, -0.2) is 4.39 Å². The molecule has 1 aliphatic rings. The van der Waals surface area contributed by atoms with Crippen molar-refractivity contribution in [1.29, 1.82) is 0 Å². The fourth-order valence-electron chi connectivity index (χ4n) is 1.94. The standard InChI is InChI=1S/C16H14FNO2/c17-13-3-5-14(6-4-13)18-11-12-2-7-15-16(10-12)20-9-1-8-19-15/h2-7,10-11H,1,8-9H2. The smallest absolute Gasteiger partial charge is 0.161 e. The van der Waals surface area contributed by atoms with Crippen molar-refractivity contribution in [3.05, 3.63) is 53.8 Å². The predicted molar refractivity (Wildman–Crippen MR) is 75.7 cm³/mol. The van der Waals surface area contributed by atoms with E-state index >= 15 is 0 Å². The number of ether oxygens (including phenoxy) is 2. The van der Waals surface area contributed by atoms with Crippen LogP contribution in [-0.2, 0) is 0 Å². The lowest BCUT2D eigenvalue weighted by Gasteiger charge is -2.07. The highest BCUT2D eigenvalue weighted by Gasteiger charge is 2.09. The molecule has 0 bridgehead atoms. The highest BCUT2D eigenvalue weighted by molar-refractivity contribution is 5.83. The van der Waals surface area contributed by atoms with Gasteiger partial charge in [0.05, 0.1) is 18.9 Å². The van der Waals surface area contributed by atoms with Crippen molar-refractivity contribution in [2.45, 2.75) is 6.42 Å². The molecule has 0 aliphatic carbocycles. The highest BCUT2D eigenvalue weighted by Crippen LogP contribution is 2.30. The Kier molecular flexibility index (Phi) is 3.63. The van der Waals surface area contributed by atoms with E-state index in [0.717, 1.165) is 23.5 Å². The molecule has 2 aromatic rings. The monoisotopic (exact) mass is 271 g/mol. The first-order valence-corrected chi connectivity index (χ1v) is 6.50. The molecule has 2 aromatic carbocycles. The molecule has 0 atom stereocenters. The molecule has 102 valence electrons. The van der Waals surface area contributed by atoms with Crippen LogP contribution in [0.5, 0.6) is 11.5 Å². The molecule has 0 amide bonds. The third-order valence-electron chi connectivity index (χ3n) is 2.96. The number of hydrogen-bond donors (Lipinski definition) is 0. The molecule has 0 fully saturated rings. The summed E-state index contributed by atoms with van der Waals surface area (Å²) in [5.74, 6) is 1.24. The first-order chi connectivity index (χ1) is 9.81. The van der Waals surface area contributed by atoms with Gasteiger partial charge in [-0.2, -0.15) is 0 Å². The molecule has 3 rings (SSSR count). The molecule has 0 radical (unpaired) electrons. The normalized spacial score (nSPS) is 14.2. The van der Waals surface area contributed by atoms with E-state index in [1.807, 2.05) is 18.2 Å². The van der Waals surface area contributed by atoms with Crippen molar-refractivity contribution in [3.63, 3.8) is 0 Å². The van der Waals surface area contributed by atoms with Crippen LogP contribution in [0.2, 0.25) is 0 Å². The van der Waals surface area contributed by atoms with E-state index in [1.165, 1.54) is 12.1 Å². The maximum Gasteiger partial charge on any atom is 0.161 e. The molecule has 1 heterocycles. The third-order valence-corrected chi connectivity index (χ3v) is 2.96. The average Bonchev–Trinajstić information content (AvgIpc) is 2.71. The minimum absolute atomic E-state index is 0.264. The minimum atomic E-state index is -0.264. The van der Waals surface area contributed by atoms with Gasteiger partial charge in [0.1, 0.15) is 5.82 Å². The number of benzene rings is 2. The van der Waals surface area contributed by atoms with Gasteiger partial charge in [0, 0.05) is 12.6 Å². The minimum Gasteiger partial charge on any atom is -0.490 e. The second-order valence-corrected chi connectivity index (χ2v) is 4.49. The largest absolute Gasteiger partial charge is 0.490 e. The summed E-state index contributed by atoms with van der Waals surface area (Å²) in [5.41, 5.74) is 1.62. The van der Waals surface area contributed by atoms with E-state index in [-0.39, 0.29) is 5.82 Å². The summed E-state index contributed by atoms with van der Waals surface area (Å²) in [6, 6.07) is 11.7. The second-order valence-electron chi connectivity index (χ2n) is 4.49. The van der Waals surface area contributed by atoms with Gasteiger partial charge in [-0.1, -0.05) is 0 Å². The quantitative estimate of drug-likeness (QED) is 0.779. The van der Waals surface area contributed by atoms with E-state index in [2.05, 4.69) is 4.99 Å². The molecule has 0 unspecified atom stereocenters. The summed E-state index contributed by atoms with van der Waals surface area (Å²) in [4.78, 5) is 4.30. The van der Waals surface area contributed by atoms with Crippen molar-refractivity contribution in [2.24, 2.45) is 4.99 Å². The van der Waals surface area contributed by atoms with Gasteiger partial charge in [-0.15, -0.1) is 0 Å². The highest BCUT2D eigenvalue weighted by atomic mass is 19.1.